The van der Waals surface area contributed by atoms with Crippen molar-refractivity contribution in [2.24, 2.45) is 0 Å². The highest BCUT2D eigenvalue weighted by molar-refractivity contribution is 4.73. The van der Waals surface area contributed by atoms with Crippen LogP contribution >= 0.6 is 0 Å². The van der Waals surface area contributed by atoms with E-state index < -0.39 is 24.4 Å². The molecule has 0 fully saturated rings. The molecule has 0 saturated carbocycles. The van der Waals surface area contributed by atoms with Crippen molar-refractivity contribution in [3.8, 4) is 0 Å². The first-order valence-corrected chi connectivity index (χ1v) is 13.4. The average molecular weight is 525 g/mol. The van der Waals surface area contributed by atoms with E-state index in [4.69, 9.17) is 18.9 Å². The third-order valence-electron chi connectivity index (χ3n) is 5.28. The second kappa shape index (κ2) is 20.5. The summed E-state index contributed by atoms with van der Waals surface area (Å²) in [6.07, 6.45) is -2.35. The van der Waals surface area contributed by atoms with Gasteiger partial charge >= 0.3 is 0 Å². The van der Waals surface area contributed by atoms with Crippen molar-refractivity contribution in [3.63, 3.8) is 0 Å². The van der Waals surface area contributed by atoms with Gasteiger partial charge in [-0.05, 0) is 55.4 Å². The number of nitrogens with zero attached hydrogens (tertiary/aromatic N) is 2. The van der Waals surface area contributed by atoms with E-state index in [-0.39, 0.29) is 50.8 Å². The minimum absolute atomic E-state index is 0.0707. The first kappa shape index (κ1) is 35.6. The van der Waals surface area contributed by atoms with Gasteiger partial charge in [0.2, 0.25) is 0 Å². The lowest BCUT2D eigenvalue weighted by molar-refractivity contribution is -0.0421. The van der Waals surface area contributed by atoms with Crippen LogP contribution < -0.4 is 0 Å². The molecule has 0 aliphatic rings. The minimum atomic E-state index is -0.518. The first-order valence-electron chi connectivity index (χ1n) is 13.4. The van der Waals surface area contributed by atoms with Crippen LogP contribution in [0, 0.1) is 0 Å². The summed E-state index contributed by atoms with van der Waals surface area (Å²) in [6, 6.07) is 0. The molecule has 0 aliphatic heterocycles. The van der Waals surface area contributed by atoms with Crippen molar-refractivity contribution in [2.75, 3.05) is 65.7 Å². The standard InChI is InChI=1S/C26H56N2O8/c1-19(29)15-33-23(5)11-27(12-24(6)34-16-20(2)30)9-10-28(13-25(7)35-17-21(3)31)14-26(8)36-18-22(4)32/h19-26,29-32H,9-18H2,1-8H3. The van der Waals surface area contributed by atoms with Crippen LogP contribution in [0.5, 0.6) is 0 Å². The summed E-state index contributed by atoms with van der Waals surface area (Å²) in [5, 5.41) is 38.2. The number of aliphatic hydroxyl groups is 4. The fourth-order valence-corrected chi connectivity index (χ4v) is 3.68. The highest BCUT2D eigenvalue weighted by Crippen LogP contribution is 2.07. The lowest BCUT2D eigenvalue weighted by Crippen LogP contribution is -2.46. The summed E-state index contributed by atoms with van der Waals surface area (Å²) < 4.78 is 23.1. The Morgan fingerprint density at radius 1 is 0.417 bits per heavy atom. The van der Waals surface area contributed by atoms with Gasteiger partial charge in [0.25, 0.3) is 0 Å². The van der Waals surface area contributed by atoms with Gasteiger partial charge in [-0.2, -0.15) is 0 Å². The van der Waals surface area contributed by atoms with Crippen LogP contribution in [0.3, 0.4) is 0 Å². The lowest BCUT2D eigenvalue weighted by Gasteiger charge is -2.33. The molecule has 0 heterocycles. The molecule has 8 atom stereocenters. The van der Waals surface area contributed by atoms with E-state index in [1.165, 1.54) is 0 Å². The Bertz CT molecular complexity index is 426. The maximum absolute atomic E-state index is 9.56. The van der Waals surface area contributed by atoms with Gasteiger partial charge in [-0.15, -0.1) is 0 Å². The van der Waals surface area contributed by atoms with E-state index in [1.807, 2.05) is 27.7 Å². The zero-order chi connectivity index (χ0) is 27.7. The van der Waals surface area contributed by atoms with Gasteiger partial charge in [-0.3, -0.25) is 9.80 Å². The van der Waals surface area contributed by atoms with Crippen molar-refractivity contribution in [1.29, 1.82) is 0 Å². The maximum atomic E-state index is 9.56. The van der Waals surface area contributed by atoms with Crippen LogP contribution in [-0.4, -0.2) is 145 Å². The second-order valence-corrected chi connectivity index (χ2v) is 10.5. The van der Waals surface area contributed by atoms with Crippen molar-refractivity contribution in [1.82, 2.24) is 9.80 Å². The second-order valence-electron chi connectivity index (χ2n) is 10.5. The molecular formula is C26H56N2O8. The SMILES string of the molecule is CC(O)COC(C)CN(CCN(CC(C)OCC(C)O)CC(C)OCC(C)O)CC(C)OCC(C)O. The van der Waals surface area contributed by atoms with Crippen molar-refractivity contribution in [2.45, 2.75) is 104 Å². The van der Waals surface area contributed by atoms with Gasteiger partial charge in [-0.25, -0.2) is 0 Å². The predicted molar refractivity (Wildman–Crippen MR) is 141 cm³/mol. The third kappa shape index (κ3) is 21.7. The molecule has 36 heavy (non-hydrogen) atoms. The van der Waals surface area contributed by atoms with Crippen molar-refractivity contribution >= 4 is 0 Å². The van der Waals surface area contributed by atoms with Crippen LogP contribution in [0.15, 0.2) is 0 Å². The van der Waals surface area contributed by atoms with Gasteiger partial charge < -0.3 is 39.4 Å². The van der Waals surface area contributed by atoms with E-state index in [9.17, 15) is 20.4 Å². The van der Waals surface area contributed by atoms with Gasteiger partial charge in [0.1, 0.15) is 0 Å². The topological polar surface area (TPSA) is 124 Å². The summed E-state index contributed by atoms with van der Waals surface area (Å²) in [5.41, 5.74) is 0. The molecule has 0 rings (SSSR count). The maximum Gasteiger partial charge on any atom is 0.0745 e. The summed E-state index contributed by atoms with van der Waals surface area (Å²) in [4.78, 5) is 4.55. The van der Waals surface area contributed by atoms with Crippen LogP contribution in [-0.2, 0) is 18.9 Å². The average Bonchev–Trinajstić information content (AvgIpc) is 2.76. The van der Waals surface area contributed by atoms with E-state index >= 15 is 0 Å². The summed E-state index contributed by atoms with van der Waals surface area (Å²) in [5.74, 6) is 0. The minimum Gasteiger partial charge on any atom is -0.391 e. The lowest BCUT2D eigenvalue weighted by atomic mass is 10.2. The molecule has 0 saturated heterocycles. The molecule has 0 radical (unpaired) electrons. The van der Waals surface area contributed by atoms with Crippen molar-refractivity contribution in [3.05, 3.63) is 0 Å². The van der Waals surface area contributed by atoms with E-state index in [1.54, 1.807) is 27.7 Å². The number of rotatable bonds is 23. The summed E-state index contributed by atoms with van der Waals surface area (Å²) in [7, 11) is 0. The van der Waals surface area contributed by atoms with Crippen LogP contribution in [0.2, 0.25) is 0 Å². The Balaban J connectivity index is 5.19. The van der Waals surface area contributed by atoms with Gasteiger partial charge in [0.05, 0.1) is 75.3 Å². The van der Waals surface area contributed by atoms with Crippen molar-refractivity contribution < 1.29 is 39.4 Å². The Hall–Kier alpha value is -0.400. The van der Waals surface area contributed by atoms with E-state index in [0.29, 0.717) is 26.2 Å². The van der Waals surface area contributed by atoms with Crippen LogP contribution in [0.1, 0.15) is 55.4 Å². The molecule has 10 nitrogen and oxygen atoms in total. The molecule has 0 aromatic carbocycles. The Morgan fingerprint density at radius 3 is 0.778 bits per heavy atom. The monoisotopic (exact) mass is 524 g/mol. The van der Waals surface area contributed by atoms with Crippen LogP contribution in [0.25, 0.3) is 0 Å². The van der Waals surface area contributed by atoms with Crippen LogP contribution in [0.4, 0.5) is 0 Å². The number of ether oxygens (including phenoxy) is 4. The molecule has 0 aromatic rings. The molecule has 218 valence electrons. The summed E-state index contributed by atoms with van der Waals surface area (Å²) >= 11 is 0. The molecule has 0 aliphatic carbocycles. The van der Waals surface area contributed by atoms with Gasteiger partial charge in [0, 0.05) is 39.3 Å². The molecule has 0 amide bonds. The van der Waals surface area contributed by atoms with E-state index in [2.05, 4.69) is 9.80 Å². The molecular weight excluding hydrogens is 468 g/mol. The molecule has 10 heteroatoms. The highest BCUT2D eigenvalue weighted by atomic mass is 16.5. The predicted octanol–water partition coefficient (Wildman–Crippen LogP) is 0.734. The van der Waals surface area contributed by atoms with E-state index in [0.717, 1.165) is 13.1 Å². The molecule has 0 spiro atoms. The van der Waals surface area contributed by atoms with Gasteiger partial charge in [0.15, 0.2) is 0 Å². The molecule has 4 N–H and O–H groups in total. The number of aliphatic hydroxyl groups excluding tert-OH is 4. The Kier molecular flexibility index (Phi) is 20.3. The molecule has 8 unspecified atom stereocenters. The summed E-state index contributed by atoms with van der Waals surface area (Å²) in [6.45, 7) is 20.1. The highest BCUT2D eigenvalue weighted by Gasteiger charge is 2.20. The Morgan fingerprint density at radius 2 is 0.611 bits per heavy atom. The fraction of sp³-hybridized carbons (Fsp3) is 1.00. The fourth-order valence-electron chi connectivity index (χ4n) is 3.68. The zero-order valence-corrected chi connectivity index (χ0v) is 24.0. The largest absolute Gasteiger partial charge is 0.391 e. The quantitative estimate of drug-likeness (QED) is 0.152. The van der Waals surface area contributed by atoms with Gasteiger partial charge in [-0.1, -0.05) is 0 Å². The third-order valence-corrected chi connectivity index (χ3v) is 5.28. The smallest absolute Gasteiger partial charge is 0.0745 e. The molecule has 0 bridgehead atoms. The number of hydrogen-bond donors (Lipinski definition) is 4. The number of hydrogen-bond acceptors (Lipinski definition) is 10. The first-order chi connectivity index (χ1) is 16.8. The molecule has 0 aromatic heterocycles. The zero-order valence-electron chi connectivity index (χ0n) is 24.0. The normalized spacial score (nSPS) is 19.2. The Labute approximate surface area is 219 Å².